The number of hydrogen-bond acceptors (Lipinski definition) is 8. The number of amides is 2. The Labute approximate surface area is 221 Å². The third-order valence-electron chi connectivity index (χ3n) is 5.38. The van der Waals surface area contributed by atoms with E-state index >= 15 is 0 Å². The van der Waals surface area contributed by atoms with Gasteiger partial charge in [0.05, 0.1) is 29.0 Å². The first-order valence-corrected chi connectivity index (χ1v) is 12.6. The molecule has 37 heavy (non-hydrogen) atoms. The maximum atomic E-state index is 12.4. The zero-order valence-electron chi connectivity index (χ0n) is 19.7. The molecule has 0 spiro atoms. The summed E-state index contributed by atoms with van der Waals surface area (Å²) in [7, 11) is 0. The molecular formula is C26H22ClN3O6S. The molecule has 1 aliphatic rings. The number of hydrazone groups is 1. The van der Waals surface area contributed by atoms with Gasteiger partial charge >= 0.3 is 23.8 Å². The van der Waals surface area contributed by atoms with Gasteiger partial charge < -0.3 is 14.8 Å². The summed E-state index contributed by atoms with van der Waals surface area (Å²) in [4.78, 5) is 50.5. The predicted molar refractivity (Wildman–Crippen MR) is 140 cm³/mol. The summed E-state index contributed by atoms with van der Waals surface area (Å²) in [5.74, 6) is -2.88. The molecule has 0 bridgehead atoms. The van der Waals surface area contributed by atoms with E-state index in [0.29, 0.717) is 16.1 Å². The Kier molecular flexibility index (Phi) is 8.32. The highest BCUT2D eigenvalue weighted by Gasteiger charge is 2.29. The second-order valence-corrected chi connectivity index (χ2v) is 9.39. The van der Waals surface area contributed by atoms with Gasteiger partial charge in [0, 0.05) is 4.88 Å². The number of nitrogens with zero attached hydrogens (tertiary/aromatic N) is 1. The molecule has 2 N–H and O–H groups in total. The third-order valence-corrected chi connectivity index (χ3v) is 6.91. The molecule has 3 aromatic rings. The van der Waals surface area contributed by atoms with E-state index in [1.165, 1.54) is 23.6 Å². The zero-order valence-corrected chi connectivity index (χ0v) is 21.3. The molecule has 0 fully saturated rings. The lowest BCUT2D eigenvalue weighted by Gasteiger charge is -2.07. The van der Waals surface area contributed by atoms with Crippen molar-refractivity contribution < 1.29 is 28.7 Å². The van der Waals surface area contributed by atoms with Crippen molar-refractivity contribution in [2.24, 2.45) is 5.10 Å². The fourth-order valence-corrected chi connectivity index (χ4v) is 5.22. The van der Waals surface area contributed by atoms with Crippen LogP contribution in [0.25, 0.3) is 0 Å². The van der Waals surface area contributed by atoms with Crippen molar-refractivity contribution in [2.45, 2.75) is 26.2 Å². The standard InChI is InChI=1S/C26H22ClN3O6S/c1-2-35-26(34)21-18-10-6-12-20(18)37-24(21)29-22(31)23(32)30-28-14-15-7-5-8-16(13-15)36-25(33)17-9-3-4-11-19(17)27/h3-5,7-9,11,13-14H,2,6,10,12H2,1H3,(H,29,31)(H,30,32)/b28-14+. The fourth-order valence-electron chi connectivity index (χ4n) is 3.73. The monoisotopic (exact) mass is 539 g/mol. The minimum absolute atomic E-state index is 0.201. The van der Waals surface area contributed by atoms with Crippen molar-refractivity contribution in [1.82, 2.24) is 5.43 Å². The van der Waals surface area contributed by atoms with E-state index in [2.05, 4.69) is 15.8 Å². The highest BCUT2D eigenvalue weighted by Crippen LogP contribution is 2.39. The Bertz CT molecular complexity index is 1400. The molecule has 0 saturated heterocycles. The van der Waals surface area contributed by atoms with Crippen molar-refractivity contribution in [1.29, 1.82) is 0 Å². The molecule has 11 heteroatoms. The number of carbonyl (C=O) groups excluding carboxylic acids is 4. The molecule has 0 saturated carbocycles. The molecule has 0 aliphatic heterocycles. The largest absolute Gasteiger partial charge is 0.462 e. The van der Waals surface area contributed by atoms with Gasteiger partial charge in [-0.3, -0.25) is 9.59 Å². The Morgan fingerprint density at radius 2 is 1.86 bits per heavy atom. The van der Waals surface area contributed by atoms with E-state index in [-0.39, 0.29) is 22.9 Å². The van der Waals surface area contributed by atoms with Gasteiger partial charge in [0.15, 0.2) is 0 Å². The smallest absolute Gasteiger partial charge is 0.345 e. The van der Waals surface area contributed by atoms with Crippen LogP contribution in [0, 0.1) is 0 Å². The van der Waals surface area contributed by atoms with Gasteiger partial charge in [-0.2, -0.15) is 5.10 Å². The summed E-state index contributed by atoms with van der Waals surface area (Å²) in [5.41, 5.74) is 4.06. The number of esters is 2. The number of benzene rings is 2. The highest BCUT2D eigenvalue weighted by molar-refractivity contribution is 7.17. The number of halogens is 1. The molecule has 0 atom stereocenters. The van der Waals surface area contributed by atoms with Gasteiger partial charge in [-0.15, -0.1) is 11.3 Å². The number of rotatable bonds is 7. The van der Waals surface area contributed by atoms with E-state index in [4.69, 9.17) is 21.1 Å². The number of aryl methyl sites for hydroxylation is 1. The second kappa shape index (κ2) is 11.8. The maximum Gasteiger partial charge on any atom is 0.345 e. The molecule has 4 rings (SSSR count). The number of nitrogens with one attached hydrogen (secondary N) is 2. The number of fused-ring (bicyclic) bond motifs is 1. The first-order valence-electron chi connectivity index (χ1n) is 11.4. The van der Waals surface area contributed by atoms with E-state index in [9.17, 15) is 19.2 Å². The SMILES string of the molecule is CCOC(=O)c1c(NC(=O)C(=O)N/N=C/c2cccc(OC(=O)c3ccccc3Cl)c2)sc2c1CCC2. The first kappa shape index (κ1) is 26.1. The lowest BCUT2D eigenvalue weighted by atomic mass is 10.1. The summed E-state index contributed by atoms with van der Waals surface area (Å²) in [6.07, 6.45) is 3.75. The quantitative estimate of drug-likeness (QED) is 0.151. The van der Waals surface area contributed by atoms with Crippen LogP contribution in [-0.4, -0.2) is 36.6 Å². The van der Waals surface area contributed by atoms with Crippen LogP contribution in [0.3, 0.4) is 0 Å². The van der Waals surface area contributed by atoms with Crippen LogP contribution in [0.15, 0.2) is 53.6 Å². The van der Waals surface area contributed by atoms with Gasteiger partial charge in [0.2, 0.25) is 0 Å². The zero-order chi connectivity index (χ0) is 26.4. The molecule has 2 amide bonds. The topological polar surface area (TPSA) is 123 Å². The number of ether oxygens (including phenoxy) is 2. The van der Waals surface area contributed by atoms with Crippen LogP contribution in [-0.2, 0) is 27.2 Å². The maximum absolute atomic E-state index is 12.4. The van der Waals surface area contributed by atoms with Crippen molar-refractivity contribution in [3.05, 3.63) is 80.7 Å². The van der Waals surface area contributed by atoms with E-state index in [1.54, 1.807) is 49.4 Å². The minimum Gasteiger partial charge on any atom is -0.462 e. The molecule has 0 unspecified atom stereocenters. The molecule has 1 aromatic heterocycles. The van der Waals surface area contributed by atoms with Crippen molar-refractivity contribution in [3.8, 4) is 5.75 Å². The summed E-state index contributed by atoms with van der Waals surface area (Å²) < 4.78 is 10.5. The fraction of sp³-hybridized carbons (Fsp3) is 0.192. The third kappa shape index (κ3) is 6.22. The Morgan fingerprint density at radius 1 is 1.05 bits per heavy atom. The van der Waals surface area contributed by atoms with Gasteiger partial charge in [-0.05, 0) is 61.6 Å². The van der Waals surface area contributed by atoms with Crippen LogP contribution in [0.4, 0.5) is 5.00 Å². The van der Waals surface area contributed by atoms with Crippen LogP contribution in [0.1, 0.15) is 50.1 Å². The van der Waals surface area contributed by atoms with E-state index in [0.717, 1.165) is 29.7 Å². The van der Waals surface area contributed by atoms with E-state index < -0.39 is 23.8 Å². The average Bonchev–Trinajstić information content (AvgIpc) is 3.45. The molecule has 1 aliphatic carbocycles. The van der Waals surface area contributed by atoms with Crippen LogP contribution >= 0.6 is 22.9 Å². The number of carbonyl (C=O) groups is 4. The normalized spacial score (nSPS) is 12.2. The Balaban J connectivity index is 1.37. The molecule has 9 nitrogen and oxygen atoms in total. The molecule has 190 valence electrons. The summed E-state index contributed by atoms with van der Waals surface area (Å²) >= 11 is 7.31. The number of thiophene rings is 1. The van der Waals surface area contributed by atoms with Crippen LogP contribution < -0.4 is 15.5 Å². The Morgan fingerprint density at radius 3 is 2.65 bits per heavy atom. The second-order valence-electron chi connectivity index (χ2n) is 7.88. The van der Waals surface area contributed by atoms with E-state index in [1.807, 2.05) is 0 Å². The van der Waals surface area contributed by atoms with Crippen molar-refractivity contribution >= 4 is 57.9 Å². The highest BCUT2D eigenvalue weighted by atomic mass is 35.5. The predicted octanol–water partition coefficient (Wildman–Crippen LogP) is 4.37. The molecule has 1 heterocycles. The Hall–Kier alpha value is -4.02. The number of anilines is 1. The van der Waals surface area contributed by atoms with Crippen LogP contribution in [0.5, 0.6) is 5.75 Å². The molecule has 0 radical (unpaired) electrons. The number of hydrogen-bond donors (Lipinski definition) is 2. The van der Waals surface area contributed by atoms with Crippen LogP contribution in [0.2, 0.25) is 5.02 Å². The van der Waals surface area contributed by atoms with Gasteiger partial charge in [-0.1, -0.05) is 35.9 Å². The minimum atomic E-state index is -1.01. The van der Waals surface area contributed by atoms with Gasteiger partial charge in [-0.25, -0.2) is 15.0 Å². The lowest BCUT2D eigenvalue weighted by Crippen LogP contribution is -2.32. The van der Waals surface area contributed by atoms with Gasteiger partial charge in [0.25, 0.3) is 0 Å². The summed E-state index contributed by atoms with van der Waals surface area (Å²) in [5, 5.41) is 6.86. The first-order chi connectivity index (χ1) is 17.9. The lowest BCUT2D eigenvalue weighted by molar-refractivity contribution is -0.136. The molecule has 2 aromatic carbocycles. The van der Waals surface area contributed by atoms with Crippen molar-refractivity contribution in [2.75, 3.05) is 11.9 Å². The van der Waals surface area contributed by atoms with Crippen molar-refractivity contribution in [3.63, 3.8) is 0 Å². The summed E-state index contributed by atoms with van der Waals surface area (Å²) in [6, 6.07) is 12.9. The van der Waals surface area contributed by atoms with Gasteiger partial charge in [0.1, 0.15) is 10.8 Å². The summed E-state index contributed by atoms with van der Waals surface area (Å²) in [6.45, 7) is 1.90. The average molecular weight is 540 g/mol. The molecular weight excluding hydrogens is 518 g/mol.